The van der Waals surface area contributed by atoms with Crippen molar-refractivity contribution in [2.24, 2.45) is 0 Å². The van der Waals surface area contributed by atoms with Crippen LogP contribution >= 0.6 is 0 Å². The second-order valence-electron chi connectivity index (χ2n) is 5.45. The Balaban J connectivity index is 2.30. The van der Waals surface area contributed by atoms with Gasteiger partial charge in [-0.05, 0) is 38.1 Å². The van der Waals surface area contributed by atoms with Crippen molar-refractivity contribution in [2.75, 3.05) is 32.2 Å². The molecule has 21 heavy (non-hydrogen) atoms. The molecule has 0 aliphatic heterocycles. The van der Waals surface area contributed by atoms with Crippen LogP contribution in [0.2, 0.25) is 0 Å². The molecule has 5 heteroatoms. The second kappa shape index (κ2) is 6.63. The zero-order chi connectivity index (χ0) is 15.4. The number of ether oxygens (including phenoxy) is 1. The molecule has 1 amide bonds. The molecule has 114 valence electrons. The summed E-state index contributed by atoms with van der Waals surface area (Å²) < 4.78 is 7.15. The average molecular weight is 289 g/mol. The van der Waals surface area contributed by atoms with Crippen LogP contribution < -0.4 is 10.2 Å². The number of hydrogen-bond acceptors (Lipinski definition) is 3. The van der Waals surface area contributed by atoms with E-state index in [0.29, 0.717) is 12.2 Å². The SMILES string of the molecule is COCCN(C)c1ccc2ccc(C(=O)NC(C)C)cn12. The summed E-state index contributed by atoms with van der Waals surface area (Å²) >= 11 is 0. The largest absolute Gasteiger partial charge is 0.383 e. The predicted molar refractivity (Wildman–Crippen MR) is 85.1 cm³/mol. The molecule has 0 unspecified atom stereocenters. The standard InChI is InChI=1S/C16H23N3O2/c1-12(2)17-16(20)13-5-6-14-7-8-15(19(14)11-13)18(3)9-10-21-4/h5-8,11-12H,9-10H2,1-4H3,(H,17,20). The van der Waals surface area contributed by atoms with Gasteiger partial charge in [0.15, 0.2) is 0 Å². The van der Waals surface area contributed by atoms with Gasteiger partial charge in [-0.25, -0.2) is 0 Å². The highest BCUT2D eigenvalue weighted by Gasteiger charge is 2.11. The van der Waals surface area contributed by atoms with Crippen molar-refractivity contribution in [3.05, 3.63) is 36.0 Å². The summed E-state index contributed by atoms with van der Waals surface area (Å²) in [5.41, 5.74) is 1.73. The van der Waals surface area contributed by atoms with Gasteiger partial charge in [0.2, 0.25) is 0 Å². The van der Waals surface area contributed by atoms with E-state index in [-0.39, 0.29) is 11.9 Å². The van der Waals surface area contributed by atoms with Crippen molar-refractivity contribution in [3.63, 3.8) is 0 Å². The van der Waals surface area contributed by atoms with Crippen LogP contribution in [0.1, 0.15) is 24.2 Å². The van der Waals surface area contributed by atoms with E-state index in [4.69, 9.17) is 4.74 Å². The third kappa shape index (κ3) is 3.55. The molecule has 2 aromatic rings. The van der Waals surface area contributed by atoms with E-state index in [0.717, 1.165) is 17.9 Å². The molecule has 0 fully saturated rings. The predicted octanol–water partition coefficient (Wildman–Crippen LogP) is 2.16. The molecule has 0 radical (unpaired) electrons. The Bertz CT molecular complexity index is 619. The maximum Gasteiger partial charge on any atom is 0.252 e. The lowest BCUT2D eigenvalue weighted by molar-refractivity contribution is 0.0942. The summed E-state index contributed by atoms with van der Waals surface area (Å²) in [6.45, 7) is 5.37. The fourth-order valence-electron chi connectivity index (χ4n) is 2.22. The highest BCUT2D eigenvalue weighted by atomic mass is 16.5. The maximum absolute atomic E-state index is 12.1. The number of anilines is 1. The fourth-order valence-corrected chi connectivity index (χ4v) is 2.22. The van der Waals surface area contributed by atoms with E-state index < -0.39 is 0 Å². The lowest BCUT2D eigenvalue weighted by Gasteiger charge is -2.19. The maximum atomic E-state index is 12.1. The van der Waals surface area contributed by atoms with Gasteiger partial charge >= 0.3 is 0 Å². The zero-order valence-electron chi connectivity index (χ0n) is 13.1. The molecule has 0 saturated carbocycles. The minimum Gasteiger partial charge on any atom is -0.383 e. The summed E-state index contributed by atoms with van der Waals surface area (Å²) in [4.78, 5) is 14.2. The van der Waals surface area contributed by atoms with Crippen LogP contribution in [0.3, 0.4) is 0 Å². The Labute approximate surface area is 125 Å². The summed E-state index contributed by atoms with van der Waals surface area (Å²) in [5, 5.41) is 2.91. The van der Waals surface area contributed by atoms with Crippen molar-refractivity contribution < 1.29 is 9.53 Å². The number of amides is 1. The molecule has 0 bridgehead atoms. The molecule has 0 saturated heterocycles. The molecule has 2 heterocycles. The summed E-state index contributed by atoms with van der Waals surface area (Å²) in [5.74, 6) is 0.993. The van der Waals surface area contributed by atoms with Gasteiger partial charge in [0, 0.05) is 38.5 Å². The van der Waals surface area contributed by atoms with Gasteiger partial charge in [-0.15, -0.1) is 0 Å². The topological polar surface area (TPSA) is 46.0 Å². The molecule has 0 aliphatic carbocycles. The zero-order valence-corrected chi connectivity index (χ0v) is 13.1. The molecule has 0 aromatic carbocycles. The number of aromatic nitrogens is 1. The van der Waals surface area contributed by atoms with E-state index in [1.807, 2.05) is 49.7 Å². The van der Waals surface area contributed by atoms with Gasteiger partial charge in [-0.2, -0.15) is 0 Å². The van der Waals surface area contributed by atoms with Crippen LogP contribution in [0.5, 0.6) is 0 Å². The monoisotopic (exact) mass is 289 g/mol. The van der Waals surface area contributed by atoms with Gasteiger partial charge in [0.25, 0.3) is 5.91 Å². The smallest absolute Gasteiger partial charge is 0.252 e. The van der Waals surface area contributed by atoms with Crippen LogP contribution in [-0.2, 0) is 4.74 Å². The normalized spacial score (nSPS) is 11.1. The van der Waals surface area contributed by atoms with Crippen molar-refractivity contribution in [3.8, 4) is 0 Å². The second-order valence-corrected chi connectivity index (χ2v) is 5.45. The quantitative estimate of drug-likeness (QED) is 0.886. The van der Waals surface area contributed by atoms with Gasteiger partial charge in [-0.3, -0.25) is 4.79 Å². The molecule has 0 aliphatic rings. The first-order valence-corrected chi connectivity index (χ1v) is 7.15. The number of carbonyl (C=O) groups is 1. The minimum absolute atomic E-state index is 0.0499. The molecule has 2 aromatic heterocycles. The number of nitrogens with one attached hydrogen (secondary N) is 1. The number of nitrogens with zero attached hydrogens (tertiary/aromatic N) is 2. The number of rotatable bonds is 6. The highest BCUT2D eigenvalue weighted by Crippen LogP contribution is 2.19. The summed E-state index contributed by atoms with van der Waals surface area (Å²) in [6, 6.07) is 8.04. The van der Waals surface area contributed by atoms with Crippen molar-refractivity contribution >= 4 is 17.2 Å². The Morgan fingerprint density at radius 1 is 1.33 bits per heavy atom. The van der Waals surface area contributed by atoms with Crippen molar-refractivity contribution in [1.82, 2.24) is 9.72 Å². The van der Waals surface area contributed by atoms with E-state index in [2.05, 4.69) is 16.3 Å². The lowest BCUT2D eigenvalue weighted by atomic mass is 10.2. The number of methoxy groups -OCH3 is 1. The number of likely N-dealkylation sites (N-methyl/N-ethyl adjacent to an activating group) is 1. The Kier molecular flexibility index (Phi) is 4.85. The Morgan fingerprint density at radius 2 is 2.05 bits per heavy atom. The van der Waals surface area contributed by atoms with E-state index in [1.165, 1.54) is 0 Å². The average Bonchev–Trinajstić information content (AvgIpc) is 2.86. The van der Waals surface area contributed by atoms with E-state index in [9.17, 15) is 4.79 Å². The molecule has 0 spiro atoms. The highest BCUT2D eigenvalue weighted by molar-refractivity contribution is 5.94. The molecule has 1 N–H and O–H groups in total. The molecule has 2 rings (SSSR count). The summed E-state index contributed by atoms with van der Waals surface area (Å²) in [6.07, 6.45) is 1.88. The molecular formula is C16H23N3O2. The molecular weight excluding hydrogens is 266 g/mol. The van der Waals surface area contributed by atoms with Crippen LogP contribution in [0.15, 0.2) is 30.5 Å². The van der Waals surface area contributed by atoms with Gasteiger partial charge in [-0.1, -0.05) is 0 Å². The van der Waals surface area contributed by atoms with Gasteiger partial charge < -0.3 is 19.4 Å². The third-order valence-corrected chi connectivity index (χ3v) is 3.33. The third-order valence-electron chi connectivity index (χ3n) is 3.33. The van der Waals surface area contributed by atoms with Crippen LogP contribution in [0.4, 0.5) is 5.82 Å². The van der Waals surface area contributed by atoms with Crippen LogP contribution in [0, 0.1) is 0 Å². The first-order valence-electron chi connectivity index (χ1n) is 7.15. The van der Waals surface area contributed by atoms with E-state index in [1.54, 1.807) is 7.11 Å². The lowest BCUT2D eigenvalue weighted by Crippen LogP contribution is -2.30. The molecule has 0 atom stereocenters. The van der Waals surface area contributed by atoms with E-state index >= 15 is 0 Å². The first kappa shape index (κ1) is 15.4. The Morgan fingerprint density at radius 3 is 2.71 bits per heavy atom. The number of hydrogen-bond donors (Lipinski definition) is 1. The first-order chi connectivity index (χ1) is 10.0. The van der Waals surface area contributed by atoms with Gasteiger partial charge in [0.1, 0.15) is 5.82 Å². The fraction of sp³-hybridized carbons (Fsp3) is 0.438. The molecule has 5 nitrogen and oxygen atoms in total. The number of carbonyl (C=O) groups excluding carboxylic acids is 1. The number of pyridine rings is 1. The van der Waals surface area contributed by atoms with Crippen LogP contribution in [-0.4, -0.2) is 43.7 Å². The minimum atomic E-state index is -0.0499. The van der Waals surface area contributed by atoms with Crippen molar-refractivity contribution in [2.45, 2.75) is 19.9 Å². The van der Waals surface area contributed by atoms with Gasteiger partial charge in [0.05, 0.1) is 12.2 Å². The van der Waals surface area contributed by atoms with Crippen LogP contribution in [0.25, 0.3) is 5.52 Å². The Hall–Kier alpha value is -2.01. The number of fused-ring (bicyclic) bond motifs is 1. The van der Waals surface area contributed by atoms with Crippen molar-refractivity contribution in [1.29, 1.82) is 0 Å². The summed E-state index contributed by atoms with van der Waals surface area (Å²) in [7, 11) is 3.71.